The van der Waals surface area contributed by atoms with Crippen molar-refractivity contribution in [3.05, 3.63) is 48.2 Å². The number of nitrogens with two attached hydrogens (primary N) is 1. The Morgan fingerprint density at radius 2 is 2.00 bits per heavy atom. The van der Waals surface area contributed by atoms with Gasteiger partial charge in [-0.2, -0.15) is 0 Å². The van der Waals surface area contributed by atoms with E-state index < -0.39 is 0 Å². The summed E-state index contributed by atoms with van der Waals surface area (Å²) >= 11 is 0. The van der Waals surface area contributed by atoms with Gasteiger partial charge in [0.1, 0.15) is 0 Å². The lowest BCUT2D eigenvalue weighted by molar-refractivity contribution is -0.00829. The summed E-state index contributed by atoms with van der Waals surface area (Å²) in [6.07, 6.45) is 4.02. The van der Waals surface area contributed by atoms with Crippen molar-refractivity contribution in [2.45, 2.75) is 18.9 Å². The first-order valence-electron chi connectivity index (χ1n) is 8.44. The molecule has 4 rings (SSSR count). The number of carbonyl (C=O) groups excluding carboxylic acids is 1. The molecule has 1 saturated carbocycles. The number of hydrogen-bond acceptors (Lipinski definition) is 4. The van der Waals surface area contributed by atoms with Crippen molar-refractivity contribution in [3.63, 3.8) is 0 Å². The highest BCUT2D eigenvalue weighted by Crippen LogP contribution is 2.37. The molecule has 2 aliphatic rings. The molecule has 2 aromatic rings. The Balaban J connectivity index is 1.67. The first kappa shape index (κ1) is 15.1. The molecule has 0 spiro atoms. The summed E-state index contributed by atoms with van der Waals surface area (Å²) in [7, 11) is 0. The van der Waals surface area contributed by atoms with Gasteiger partial charge >= 0.3 is 0 Å². The molecule has 1 amide bonds. The zero-order valence-electron chi connectivity index (χ0n) is 13.5. The van der Waals surface area contributed by atoms with E-state index in [1.165, 1.54) is 12.8 Å². The van der Waals surface area contributed by atoms with E-state index >= 15 is 0 Å². The Morgan fingerprint density at radius 1 is 1.21 bits per heavy atom. The van der Waals surface area contributed by atoms with Gasteiger partial charge in [-0.1, -0.05) is 30.3 Å². The molecule has 1 aliphatic heterocycles. The molecule has 2 heterocycles. The highest BCUT2D eigenvalue weighted by molar-refractivity contribution is 6.02. The fraction of sp³-hybridized carbons (Fsp3) is 0.368. The van der Waals surface area contributed by atoms with Crippen LogP contribution in [0, 0.1) is 5.92 Å². The monoisotopic (exact) mass is 323 g/mol. The second kappa shape index (κ2) is 6.24. The van der Waals surface area contributed by atoms with Gasteiger partial charge in [-0.05, 0) is 24.8 Å². The fourth-order valence-corrected chi connectivity index (χ4v) is 3.39. The van der Waals surface area contributed by atoms with Crippen LogP contribution in [-0.2, 0) is 4.74 Å². The van der Waals surface area contributed by atoms with E-state index in [0.717, 1.165) is 5.56 Å². The molecule has 0 bridgehead atoms. The fourth-order valence-electron chi connectivity index (χ4n) is 3.39. The van der Waals surface area contributed by atoms with E-state index in [0.29, 0.717) is 42.6 Å². The van der Waals surface area contributed by atoms with E-state index in [-0.39, 0.29) is 11.9 Å². The largest absolute Gasteiger partial charge is 0.396 e. The van der Waals surface area contributed by atoms with E-state index in [2.05, 4.69) is 4.98 Å². The second-order valence-electron chi connectivity index (χ2n) is 6.47. The number of anilines is 1. The van der Waals surface area contributed by atoms with Gasteiger partial charge in [0.05, 0.1) is 36.2 Å². The minimum Gasteiger partial charge on any atom is -0.396 e. The number of rotatable bonds is 3. The van der Waals surface area contributed by atoms with Crippen molar-refractivity contribution in [2.24, 2.45) is 5.92 Å². The summed E-state index contributed by atoms with van der Waals surface area (Å²) < 4.78 is 5.59. The third-order valence-corrected chi connectivity index (χ3v) is 4.86. The third kappa shape index (κ3) is 2.76. The van der Waals surface area contributed by atoms with E-state index in [1.54, 1.807) is 12.3 Å². The van der Waals surface area contributed by atoms with Gasteiger partial charge in [0.2, 0.25) is 0 Å². The van der Waals surface area contributed by atoms with Crippen LogP contribution in [0.4, 0.5) is 5.69 Å². The highest BCUT2D eigenvalue weighted by atomic mass is 16.5. The SMILES string of the molecule is Nc1c(C(=O)N2CCOCC2C2CC2)ccnc1-c1ccccc1. The lowest BCUT2D eigenvalue weighted by Crippen LogP contribution is -2.50. The highest BCUT2D eigenvalue weighted by Gasteiger charge is 2.39. The number of nitrogen functional groups attached to an aromatic ring is 1. The molecule has 1 aromatic heterocycles. The molecule has 1 atom stereocenters. The summed E-state index contributed by atoms with van der Waals surface area (Å²) in [6, 6.07) is 11.6. The molecule has 124 valence electrons. The van der Waals surface area contributed by atoms with Crippen LogP contribution >= 0.6 is 0 Å². The zero-order valence-corrected chi connectivity index (χ0v) is 13.5. The van der Waals surface area contributed by atoms with Crippen molar-refractivity contribution in [3.8, 4) is 11.3 Å². The number of pyridine rings is 1. The van der Waals surface area contributed by atoms with Crippen LogP contribution < -0.4 is 5.73 Å². The Morgan fingerprint density at radius 3 is 2.75 bits per heavy atom. The summed E-state index contributed by atoms with van der Waals surface area (Å²) in [5, 5.41) is 0. The van der Waals surface area contributed by atoms with Crippen molar-refractivity contribution in [1.29, 1.82) is 0 Å². The summed E-state index contributed by atoms with van der Waals surface area (Å²) in [5.41, 5.74) is 8.90. The number of morpholine rings is 1. The van der Waals surface area contributed by atoms with Gasteiger partial charge < -0.3 is 15.4 Å². The average molecular weight is 323 g/mol. The first-order valence-corrected chi connectivity index (χ1v) is 8.44. The quantitative estimate of drug-likeness (QED) is 0.942. The van der Waals surface area contributed by atoms with Crippen LogP contribution in [0.5, 0.6) is 0 Å². The van der Waals surface area contributed by atoms with Gasteiger partial charge in [-0.25, -0.2) is 0 Å². The van der Waals surface area contributed by atoms with Gasteiger partial charge in [0.25, 0.3) is 5.91 Å². The summed E-state index contributed by atoms with van der Waals surface area (Å²) in [6.45, 7) is 1.85. The number of aromatic nitrogens is 1. The molecular formula is C19H21N3O2. The Bertz CT molecular complexity index is 744. The maximum absolute atomic E-state index is 13.1. The van der Waals surface area contributed by atoms with E-state index in [9.17, 15) is 4.79 Å². The molecule has 1 saturated heterocycles. The van der Waals surface area contributed by atoms with Crippen LogP contribution in [0.25, 0.3) is 11.3 Å². The third-order valence-electron chi connectivity index (χ3n) is 4.86. The molecule has 2 fully saturated rings. The number of ether oxygens (including phenoxy) is 1. The Hall–Kier alpha value is -2.40. The zero-order chi connectivity index (χ0) is 16.5. The minimum atomic E-state index is -0.00715. The Labute approximate surface area is 141 Å². The van der Waals surface area contributed by atoms with Crippen LogP contribution in [0.2, 0.25) is 0 Å². The van der Waals surface area contributed by atoms with Crippen molar-refractivity contribution < 1.29 is 9.53 Å². The normalized spacial score (nSPS) is 20.8. The molecule has 0 radical (unpaired) electrons. The smallest absolute Gasteiger partial charge is 0.256 e. The summed E-state index contributed by atoms with van der Waals surface area (Å²) in [5.74, 6) is 0.568. The van der Waals surface area contributed by atoms with Crippen LogP contribution in [0.3, 0.4) is 0 Å². The molecule has 1 aliphatic carbocycles. The molecule has 24 heavy (non-hydrogen) atoms. The maximum atomic E-state index is 13.1. The second-order valence-corrected chi connectivity index (χ2v) is 6.47. The van der Waals surface area contributed by atoms with E-state index in [1.807, 2.05) is 35.2 Å². The Kier molecular flexibility index (Phi) is 3.94. The molecular weight excluding hydrogens is 302 g/mol. The molecule has 5 nitrogen and oxygen atoms in total. The van der Waals surface area contributed by atoms with E-state index in [4.69, 9.17) is 10.5 Å². The molecule has 2 N–H and O–H groups in total. The molecule has 5 heteroatoms. The lowest BCUT2D eigenvalue weighted by atomic mass is 10.0. The predicted molar refractivity (Wildman–Crippen MR) is 92.5 cm³/mol. The minimum absolute atomic E-state index is 0.00715. The number of nitrogens with zero attached hydrogens (tertiary/aromatic N) is 2. The first-order chi connectivity index (χ1) is 11.8. The van der Waals surface area contributed by atoms with Crippen LogP contribution in [0.15, 0.2) is 42.6 Å². The van der Waals surface area contributed by atoms with Crippen LogP contribution in [0.1, 0.15) is 23.2 Å². The summed E-state index contributed by atoms with van der Waals surface area (Å²) in [4.78, 5) is 19.4. The molecule has 1 aromatic carbocycles. The van der Waals surface area contributed by atoms with Crippen LogP contribution in [-0.4, -0.2) is 41.6 Å². The van der Waals surface area contributed by atoms with Gasteiger partial charge in [0.15, 0.2) is 0 Å². The lowest BCUT2D eigenvalue weighted by Gasteiger charge is -2.36. The molecule has 1 unspecified atom stereocenters. The average Bonchev–Trinajstić information content (AvgIpc) is 3.47. The number of benzene rings is 1. The standard InChI is InChI=1S/C19H21N3O2/c20-17-15(8-9-21-18(17)14-4-2-1-3-5-14)19(23)22-10-11-24-12-16(22)13-6-7-13/h1-5,8-9,13,16H,6-7,10-12,20H2. The van der Waals surface area contributed by atoms with Gasteiger partial charge in [-0.15, -0.1) is 0 Å². The van der Waals surface area contributed by atoms with Crippen molar-refractivity contribution >= 4 is 11.6 Å². The van der Waals surface area contributed by atoms with Gasteiger partial charge in [0, 0.05) is 18.3 Å². The number of amides is 1. The topological polar surface area (TPSA) is 68.5 Å². The maximum Gasteiger partial charge on any atom is 0.256 e. The number of hydrogen-bond donors (Lipinski definition) is 1. The van der Waals surface area contributed by atoms with Crippen molar-refractivity contribution in [1.82, 2.24) is 9.88 Å². The predicted octanol–water partition coefficient (Wildman–Crippen LogP) is 2.58. The van der Waals surface area contributed by atoms with Crippen molar-refractivity contribution in [2.75, 3.05) is 25.5 Å². The van der Waals surface area contributed by atoms with Gasteiger partial charge in [-0.3, -0.25) is 9.78 Å². The number of carbonyl (C=O) groups is 1.